The summed E-state index contributed by atoms with van der Waals surface area (Å²) in [6.45, 7) is 4.46. The number of benzene rings is 1. The lowest BCUT2D eigenvalue weighted by molar-refractivity contribution is 0.600. The van der Waals surface area contributed by atoms with E-state index in [0.29, 0.717) is 12.0 Å². The molecule has 2 nitrogen and oxygen atoms in total. The summed E-state index contributed by atoms with van der Waals surface area (Å²) in [6.07, 6.45) is 6.29. The van der Waals surface area contributed by atoms with Crippen LogP contribution >= 0.6 is 0 Å². The fourth-order valence-corrected chi connectivity index (χ4v) is 2.26. The minimum absolute atomic E-state index is 0.398. The Bertz CT molecular complexity index is 584. The van der Waals surface area contributed by atoms with Crippen molar-refractivity contribution in [2.45, 2.75) is 19.9 Å². The highest BCUT2D eigenvalue weighted by atomic mass is 14.9. The molecule has 2 heteroatoms. The third kappa shape index (κ3) is 1.70. The predicted molar refractivity (Wildman–Crippen MR) is 73.0 cm³/mol. The van der Waals surface area contributed by atoms with Crippen molar-refractivity contribution >= 4 is 22.7 Å². The van der Waals surface area contributed by atoms with Crippen molar-refractivity contribution < 1.29 is 0 Å². The second-order valence-corrected chi connectivity index (χ2v) is 4.88. The summed E-state index contributed by atoms with van der Waals surface area (Å²) >= 11 is 0. The van der Waals surface area contributed by atoms with Crippen molar-refractivity contribution in [2.24, 2.45) is 5.92 Å². The highest BCUT2D eigenvalue weighted by Gasteiger charge is 2.17. The lowest BCUT2D eigenvalue weighted by atomic mass is 9.96. The van der Waals surface area contributed by atoms with Gasteiger partial charge in [-0.2, -0.15) is 0 Å². The average molecular weight is 224 g/mol. The van der Waals surface area contributed by atoms with E-state index in [0.717, 1.165) is 5.52 Å². The summed E-state index contributed by atoms with van der Waals surface area (Å²) < 4.78 is 0. The van der Waals surface area contributed by atoms with Gasteiger partial charge in [-0.05, 0) is 17.5 Å². The van der Waals surface area contributed by atoms with Crippen LogP contribution in [-0.4, -0.2) is 11.0 Å². The lowest BCUT2D eigenvalue weighted by Gasteiger charge is -2.26. The summed E-state index contributed by atoms with van der Waals surface area (Å²) in [7, 11) is 0. The van der Waals surface area contributed by atoms with Crippen LogP contribution < -0.4 is 5.32 Å². The van der Waals surface area contributed by atoms with Crippen LogP contribution in [0.25, 0.3) is 17.0 Å². The van der Waals surface area contributed by atoms with Crippen molar-refractivity contribution in [3.63, 3.8) is 0 Å². The Morgan fingerprint density at radius 2 is 2.12 bits per heavy atom. The van der Waals surface area contributed by atoms with Gasteiger partial charge in [0, 0.05) is 17.6 Å². The van der Waals surface area contributed by atoms with Gasteiger partial charge in [0.25, 0.3) is 0 Å². The zero-order valence-corrected chi connectivity index (χ0v) is 10.1. The molecular weight excluding hydrogens is 208 g/mol. The monoisotopic (exact) mass is 224 g/mol. The number of fused-ring (bicyclic) bond motifs is 3. The van der Waals surface area contributed by atoms with E-state index in [2.05, 4.69) is 54.5 Å². The van der Waals surface area contributed by atoms with E-state index < -0.39 is 0 Å². The van der Waals surface area contributed by atoms with Crippen molar-refractivity contribution in [1.82, 2.24) is 4.98 Å². The molecule has 0 saturated heterocycles. The van der Waals surface area contributed by atoms with Gasteiger partial charge in [-0.25, -0.2) is 0 Å². The quantitative estimate of drug-likeness (QED) is 0.799. The Kier molecular flexibility index (Phi) is 2.36. The molecule has 1 aromatic carbocycles. The van der Waals surface area contributed by atoms with Crippen LogP contribution in [0.2, 0.25) is 0 Å². The van der Waals surface area contributed by atoms with Gasteiger partial charge in [0.15, 0.2) is 0 Å². The molecule has 0 radical (unpaired) electrons. The van der Waals surface area contributed by atoms with Crippen LogP contribution in [-0.2, 0) is 0 Å². The standard InChI is InChI=1S/C15H16N2/c1-10(2)13-8-7-12-6-5-11-4-3-9-16-14(11)15(12)17-13/h3-10,13,17H,1-2H3. The molecular formula is C15H16N2. The van der Waals surface area contributed by atoms with Gasteiger partial charge in [0.1, 0.15) is 0 Å². The molecule has 1 aliphatic rings. The number of nitrogens with one attached hydrogen (secondary N) is 1. The molecule has 3 rings (SSSR count). The van der Waals surface area contributed by atoms with E-state index in [4.69, 9.17) is 0 Å². The molecule has 0 spiro atoms. The number of nitrogens with zero attached hydrogens (tertiary/aromatic N) is 1. The molecule has 86 valence electrons. The molecule has 0 fully saturated rings. The number of hydrogen-bond acceptors (Lipinski definition) is 2. The smallest absolute Gasteiger partial charge is 0.0939 e. The van der Waals surface area contributed by atoms with Crippen LogP contribution in [0.1, 0.15) is 19.4 Å². The third-order valence-electron chi connectivity index (χ3n) is 3.32. The second-order valence-electron chi connectivity index (χ2n) is 4.88. The number of aromatic nitrogens is 1. The van der Waals surface area contributed by atoms with E-state index >= 15 is 0 Å². The van der Waals surface area contributed by atoms with E-state index in [1.54, 1.807) is 0 Å². The number of pyridine rings is 1. The van der Waals surface area contributed by atoms with Crippen molar-refractivity contribution in [3.05, 3.63) is 42.1 Å². The summed E-state index contributed by atoms with van der Waals surface area (Å²) in [5.74, 6) is 0.582. The minimum atomic E-state index is 0.398. The van der Waals surface area contributed by atoms with Crippen LogP contribution in [0.3, 0.4) is 0 Å². The van der Waals surface area contributed by atoms with Gasteiger partial charge in [0.05, 0.1) is 11.2 Å². The molecule has 1 aromatic heterocycles. The van der Waals surface area contributed by atoms with E-state index in [1.165, 1.54) is 16.6 Å². The Morgan fingerprint density at radius 1 is 1.24 bits per heavy atom. The normalized spacial score (nSPS) is 18.2. The first-order chi connectivity index (χ1) is 8.25. The summed E-state index contributed by atoms with van der Waals surface area (Å²) in [4.78, 5) is 4.49. The van der Waals surface area contributed by atoms with Gasteiger partial charge in [0.2, 0.25) is 0 Å². The van der Waals surface area contributed by atoms with Crippen LogP contribution in [0, 0.1) is 5.92 Å². The Labute approximate surface area is 101 Å². The number of hydrogen-bond donors (Lipinski definition) is 1. The molecule has 0 amide bonds. The molecule has 1 atom stereocenters. The molecule has 1 unspecified atom stereocenters. The molecule has 1 N–H and O–H groups in total. The highest BCUT2D eigenvalue weighted by Crippen LogP contribution is 2.31. The van der Waals surface area contributed by atoms with Gasteiger partial charge < -0.3 is 5.32 Å². The summed E-state index contributed by atoms with van der Waals surface area (Å²) in [5.41, 5.74) is 3.47. The fourth-order valence-electron chi connectivity index (χ4n) is 2.26. The summed E-state index contributed by atoms with van der Waals surface area (Å²) in [6, 6.07) is 8.76. The Morgan fingerprint density at radius 3 is 2.94 bits per heavy atom. The first kappa shape index (κ1) is 10.3. The zero-order valence-electron chi connectivity index (χ0n) is 10.1. The Hall–Kier alpha value is -1.83. The van der Waals surface area contributed by atoms with Gasteiger partial charge in [-0.15, -0.1) is 0 Å². The third-order valence-corrected chi connectivity index (χ3v) is 3.32. The Balaban J connectivity index is 2.18. The first-order valence-electron chi connectivity index (χ1n) is 6.08. The SMILES string of the molecule is CC(C)C1C=Cc2ccc3cccnc3c2N1. The van der Waals surface area contributed by atoms with Crippen molar-refractivity contribution in [3.8, 4) is 0 Å². The van der Waals surface area contributed by atoms with Crippen molar-refractivity contribution in [2.75, 3.05) is 5.32 Å². The maximum atomic E-state index is 4.49. The van der Waals surface area contributed by atoms with Gasteiger partial charge >= 0.3 is 0 Å². The predicted octanol–water partition coefficient (Wildman–Crippen LogP) is 3.70. The van der Waals surface area contributed by atoms with Crippen LogP contribution in [0.5, 0.6) is 0 Å². The minimum Gasteiger partial charge on any atom is -0.376 e. The second kappa shape index (κ2) is 3.88. The molecule has 2 heterocycles. The first-order valence-corrected chi connectivity index (χ1v) is 6.08. The topological polar surface area (TPSA) is 24.9 Å². The lowest BCUT2D eigenvalue weighted by Crippen LogP contribution is -2.25. The maximum absolute atomic E-state index is 4.49. The number of rotatable bonds is 1. The molecule has 17 heavy (non-hydrogen) atoms. The molecule has 0 saturated carbocycles. The van der Waals surface area contributed by atoms with E-state index in [9.17, 15) is 0 Å². The largest absolute Gasteiger partial charge is 0.376 e. The highest BCUT2D eigenvalue weighted by molar-refractivity contribution is 5.96. The molecule has 0 bridgehead atoms. The van der Waals surface area contributed by atoms with E-state index in [-0.39, 0.29) is 0 Å². The summed E-state index contributed by atoms with van der Waals surface area (Å²) in [5, 5.41) is 4.78. The average Bonchev–Trinajstić information content (AvgIpc) is 2.38. The van der Waals surface area contributed by atoms with Crippen molar-refractivity contribution in [1.29, 1.82) is 0 Å². The van der Waals surface area contributed by atoms with Crippen LogP contribution in [0.4, 0.5) is 5.69 Å². The van der Waals surface area contributed by atoms with Crippen LogP contribution in [0.15, 0.2) is 36.5 Å². The van der Waals surface area contributed by atoms with Gasteiger partial charge in [-0.1, -0.05) is 44.2 Å². The van der Waals surface area contributed by atoms with E-state index in [1.807, 2.05) is 12.3 Å². The molecule has 1 aliphatic heterocycles. The van der Waals surface area contributed by atoms with Gasteiger partial charge in [-0.3, -0.25) is 4.98 Å². The molecule has 0 aliphatic carbocycles. The molecule has 2 aromatic rings. The number of anilines is 1. The fraction of sp³-hybridized carbons (Fsp3) is 0.267. The zero-order chi connectivity index (χ0) is 11.8. The maximum Gasteiger partial charge on any atom is 0.0939 e.